The molecule has 0 fully saturated rings. The lowest BCUT2D eigenvalue weighted by molar-refractivity contribution is 0.222. The molecule has 0 bridgehead atoms. The summed E-state index contributed by atoms with van der Waals surface area (Å²) in [6.45, 7) is 10.9. The number of para-hydroxylation sites is 1. The van der Waals surface area contributed by atoms with E-state index in [2.05, 4.69) is 57.6 Å². The van der Waals surface area contributed by atoms with Crippen LogP contribution in [0.4, 0.5) is 0 Å². The normalized spacial score (nSPS) is 13.6. The molecule has 1 aromatic rings. The maximum atomic E-state index is 5.91. The number of hydrogen-bond acceptors (Lipinski definition) is 3. The van der Waals surface area contributed by atoms with E-state index in [0.717, 1.165) is 29.3 Å². The fraction of sp³-hybridized carbons (Fsp3) is 0.588. The van der Waals surface area contributed by atoms with Crippen LogP contribution in [0, 0.1) is 0 Å². The Morgan fingerprint density at radius 3 is 2.52 bits per heavy atom. The van der Waals surface area contributed by atoms with Crippen molar-refractivity contribution in [2.45, 2.75) is 39.3 Å². The van der Waals surface area contributed by atoms with E-state index in [9.17, 15) is 0 Å². The van der Waals surface area contributed by atoms with Crippen LogP contribution in [0.1, 0.15) is 27.7 Å². The van der Waals surface area contributed by atoms with Crippen molar-refractivity contribution in [3.63, 3.8) is 0 Å². The lowest BCUT2D eigenvalue weighted by Gasteiger charge is -2.21. The van der Waals surface area contributed by atoms with Gasteiger partial charge in [-0.05, 0) is 55.8 Å². The van der Waals surface area contributed by atoms with Gasteiger partial charge in [-0.15, -0.1) is 0 Å². The van der Waals surface area contributed by atoms with E-state index in [1.54, 1.807) is 7.05 Å². The van der Waals surface area contributed by atoms with Crippen LogP contribution in [0.5, 0.6) is 5.75 Å². The Bertz CT molecular complexity index is 500. The average Bonchev–Trinajstić information content (AvgIpc) is 2.48. The minimum Gasteiger partial charge on any atom is -0.488 e. The number of benzene rings is 1. The third-order valence-corrected chi connectivity index (χ3v) is 3.67. The van der Waals surface area contributed by atoms with Crippen LogP contribution in [-0.2, 0) is 0 Å². The second-order valence-electron chi connectivity index (χ2n) is 6.42. The van der Waals surface area contributed by atoms with Crippen molar-refractivity contribution in [1.82, 2.24) is 16.0 Å². The molecular formula is C17H29BrN4O. The molecule has 0 aliphatic heterocycles. The number of guanidine groups is 1. The molecular weight excluding hydrogens is 356 g/mol. The van der Waals surface area contributed by atoms with Crippen LogP contribution in [0.3, 0.4) is 0 Å². The molecule has 1 aromatic carbocycles. The maximum absolute atomic E-state index is 5.91. The molecule has 0 spiro atoms. The highest BCUT2D eigenvalue weighted by Crippen LogP contribution is 2.24. The summed E-state index contributed by atoms with van der Waals surface area (Å²) in [5.74, 6) is 1.63. The van der Waals surface area contributed by atoms with Crippen molar-refractivity contribution in [1.29, 1.82) is 0 Å². The van der Waals surface area contributed by atoms with E-state index in [0.29, 0.717) is 6.54 Å². The van der Waals surface area contributed by atoms with Crippen LogP contribution < -0.4 is 20.7 Å². The summed E-state index contributed by atoms with van der Waals surface area (Å²) >= 11 is 3.49. The van der Waals surface area contributed by atoms with Gasteiger partial charge in [0.25, 0.3) is 0 Å². The molecule has 1 atom stereocenters. The number of aliphatic imine (C=N–C) groups is 1. The number of rotatable bonds is 7. The Morgan fingerprint density at radius 1 is 1.22 bits per heavy atom. The van der Waals surface area contributed by atoms with E-state index in [-0.39, 0.29) is 11.6 Å². The van der Waals surface area contributed by atoms with Crippen molar-refractivity contribution in [2.24, 2.45) is 4.99 Å². The van der Waals surface area contributed by atoms with E-state index in [1.165, 1.54) is 0 Å². The zero-order chi connectivity index (χ0) is 17.3. The Labute approximate surface area is 148 Å². The summed E-state index contributed by atoms with van der Waals surface area (Å²) in [4.78, 5) is 4.22. The van der Waals surface area contributed by atoms with Gasteiger partial charge in [0.15, 0.2) is 5.96 Å². The fourth-order valence-corrected chi connectivity index (χ4v) is 2.26. The van der Waals surface area contributed by atoms with Crippen LogP contribution in [0.25, 0.3) is 0 Å². The van der Waals surface area contributed by atoms with Gasteiger partial charge in [-0.1, -0.05) is 12.1 Å². The molecule has 0 saturated heterocycles. The largest absolute Gasteiger partial charge is 0.488 e. The summed E-state index contributed by atoms with van der Waals surface area (Å²) in [6, 6.07) is 7.85. The first-order valence-corrected chi connectivity index (χ1v) is 8.72. The number of ether oxygens (including phenoxy) is 1. The average molecular weight is 385 g/mol. The second kappa shape index (κ2) is 9.78. The SMILES string of the molecule is CN=C(NCCNC(C)(C)C)NCC(C)Oc1ccccc1Br. The Morgan fingerprint density at radius 2 is 1.91 bits per heavy atom. The van der Waals surface area contributed by atoms with Gasteiger partial charge in [-0.3, -0.25) is 4.99 Å². The highest BCUT2D eigenvalue weighted by molar-refractivity contribution is 9.10. The Hall–Kier alpha value is -1.27. The molecule has 5 nitrogen and oxygen atoms in total. The summed E-state index contributed by atoms with van der Waals surface area (Å²) in [6.07, 6.45) is 0.0277. The molecule has 0 amide bonds. The van der Waals surface area contributed by atoms with Gasteiger partial charge in [0.05, 0.1) is 11.0 Å². The molecule has 6 heteroatoms. The Balaban J connectivity index is 2.30. The molecule has 0 aromatic heterocycles. The van der Waals surface area contributed by atoms with E-state index in [4.69, 9.17) is 4.74 Å². The Kier molecular flexibility index (Phi) is 8.41. The predicted molar refractivity (Wildman–Crippen MR) is 101 cm³/mol. The van der Waals surface area contributed by atoms with E-state index < -0.39 is 0 Å². The van der Waals surface area contributed by atoms with Crippen LogP contribution in [0.15, 0.2) is 33.7 Å². The van der Waals surface area contributed by atoms with Crippen LogP contribution >= 0.6 is 15.9 Å². The summed E-state index contributed by atoms with van der Waals surface area (Å²) in [5.41, 5.74) is 0.129. The first kappa shape index (κ1) is 19.8. The van der Waals surface area contributed by atoms with E-state index >= 15 is 0 Å². The number of nitrogens with one attached hydrogen (secondary N) is 3. The molecule has 3 N–H and O–H groups in total. The maximum Gasteiger partial charge on any atom is 0.191 e. The third-order valence-electron chi connectivity index (χ3n) is 3.02. The summed E-state index contributed by atoms with van der Waals surface area (Å²) in [7, 11) is 1.77. The number of hydrogen-bond donors (Lipinski definition) is 3. The first-order valence-electron chi connectivity index (χ1n) is 7.92. The van der Waals surface area contributed by atoms with Crippen molar-refractivity contribution in [2.75, 3.05) is 26.7 Å². The second-order valence-corrected chi connectivity index (χ2v) is 7.27. The molecule has 0 radical (unpaired) electrons. The van der Waals surface area contributed by atoms with Crippen LogP contribution in [0.2, 0.25) is 0 Å². The smallest absolute Gasteiger partial charge is 0.191 e. The molecule has 130 valence electrons. The molecule has 0 aliphatic carbocycles. The standard InChI is InChI=1S/C17H29BrN4O/c1-13(23-15-9-7-6-8-14(15)18)12-21-16(19-5)20-10-11-22-17(2,3)4/h6-9,13,22H,10-12H2,1-5H3,(H2,19,20,21). The van der Waals surface area contributed by atoms with Crippen LogP contribution in [-0.4, -0.2) is 44.3 Å². The molecule has 0 heterocycles. The monoisotopic (exact) mass is 384 g/mol. The minimum atomic E-state index is 0.0277. The highest BCUT2D eigenvalue weighted by Gasteiger charge is 2.09. The van der Waals surface area contributed by atoms with Gasteiger partial charge in [-0.2, -0.15) is 0 Å². The van der Waals surface area contributed by atoms with E-state index in [1.807, 2.05) is 31.2 Å². The minimum absolute atomic E-state index is 0.0277. The molecule has 23 heavy (non-hydrogen) atoms. The number of halogens is 1. The molecule has 0 saturated carbocycles. The molecule has 1 rings (SSSR count). The van der Waals surface area contributed by atoms with Gasteiger partial charge < -0.3 is 20.7 Å². The summed E-state index contributed by atoms with van der Waals surface area (Å²) in [5, 5.41) is 9.99. The summed E-state index contributed by atoms with van der Waals surface area (Å²) < 4.78 is 6.87. The van der Waals surface area contributed by atoms with Gasteiger partial charge in [0.2, 0.25) is 0 Å². The van der Waals surface area contributed by atoms with Gasteiger partial charge in [0, 0.05) is 25.7 Å². The topological polar surface area (TPSA) is 57.7 Å². The predicted octanol–water partition coefficient (Wildman–Crippen LogP) is 2.77. The van der Waals surface area contributed by atoms with Crippen molar-refractivity contribution in [3.8, 4) is 5.75 Å². The lowest BCUT2D eigenvalue weighted by atomic mass is 10.1. The molecule has 1 unspecified atom stereocenters. The van der Waals surface area contributed by atoms with Crippen molar-refractivity contribution < 1.29 is 4.74 Å². The van der Waals surface area contributed by atoms with Gasteiger partial charge >= 0.3 is 0 Å². The van der Waals surface area contributed by atoms with Crippen molar-refractivity contribution >= 4 is 21.9 Å². The highest BCUT2D eigenvalue weighted by atomic mass is 79.9. The quantitative estimate of drug-likeness (QED) is 0.384. The lowest BCUT2D eigenvalue weighted by Crippen LogP contribution is -2.46. The zero-order valence-corrected chi connectivity index (χ0v) is 16.3. The third kappa shape index (κ3) is 8.81. The molecule has 0 aliphatic rings. The number of nitrogens with zero attached hydrogens (tertiary/aromatic N) is 1. The van der Waals surface area contributed by atoms with Gasteiger partial charge in [-0.25, -0.2) is 0 Å². The van der Waals surface area contributed by atoms with Gasteiger partial charge in [0.1, 0.15) is 11.9 Å². The first-order chi connectivity index (χ1) is 10.8. The fourth-order valence-electron chi connectivity index (χ4n) is 1.88. The zero-order valence-electron chi connectivity index (χ0n) is 14.7. The van der Waals surface area contributed by atoms with Crippen molar-refractivity contribution in [3.05, 3.63) is 28.7 Å².